The van der Waals surface area contributed by atoms with Gasteiger partial charge >= 0.3 is 0 Å². The third-order valence-corrected chi connectivity index (χ3v) is 5.51. The third kappa shape index (κ3) is 3.56. The number of benzene rings is 3. The van der Waals surface area contributed by atoms with Crippen molar-refractivity contribution in [2.75, 3.05) is 18.5 Å². The minimum Gasteiger partial charge on any atom is -0.477 e. The highest BCUT2D eigenvalue weighted by molar-refractivity contribution is 6.07. The molecule has 2 heterocycles. The summed E-state index contributed by atoms with van der Waals surface area (Å²) in [4.78, 5) is 27.1. The number of carbonyl (C=O) groups is 2. The van der Waals surface area contributed by atoms with E-state index in [0.717, 1.165) is 16.6 Å². The van der Waals surface area contributed by atoms with E-state index in [1.54, 1.807) is 30.1 Å². The van der Waals surface area contributed by atoms with Gasteiger partial charge in [0, 0.05) is 12.6 Å². The molecular weight excluding hydrogens is 406 g/mol. The molecule has 160 valence electrons. The summed E-state index contributed by atoms with van der Waals surface area (Å²) in [6.07, 6.45) is -0.765. The zero-order valence-electron chi connectivity index (χ0n) is 17.4. The van der Waals surface area contributed by atoms with Gasteiger partial charge in [0.05, 0.1) is 24.3 Å². The maximum atomic E-state index is 13.3. The number of rotatable bonds is 4. The SMILES string of the molecule is CNC(=O)[C@H]1CN(C(=O)c2ccc(Cn3nnc4ccccc43)cc2)c2ccccc2O1. The Morgan fingerprint density at radius 1 is 1.03 bits per heavy atom. The molecule has 8 nitrogen and oxygen atoms in total. The lowest BCUT2D eigenvalue weighted by Crippen LogP contribution is -2.50. The summed E-state index contributed by atoms with van der Waals surface area (Å²) in [5.41, 5.74) is 3.98. The van der Waals surface area contributed by atoms with E-state index in [9.17, 15) is 9.59 Å². The van der Waals surface area contributed by atoms with Gasteiger partial charge in [0.1, 0.15) is 11.3 Å². The Morgan fingerprint density at radius 2 is 1.78 bits per heavy atom. The quantitative estimate of drug-likeness (QED) is 0.541. The van der Waals surface area contributed by atoms with Crippen LogP contribution in [0.2, 0.25) is 0 Å². The van der Waals surface area contributed by atoms with Gasteiger partial charge in [-0.1, -0.05) is 41.6 Å². The fraction of sp³-hybridized carbons (Fsp3) is 0.167. The van der Waals surface area contributed by atoms with Gasteiger partial charge in [-0.2, -0.15) is 0 Å². The Morgan fingerprint density at radius 3 is 2.59 bits per heavy atom. The lowest BCUT2D eigenvalue weighted by Gasteiger charge is -2.34. The number of ether oxygens (including phenoxy) is 1. The number of hydrogen-bond donors (Lipinski definition) is 1. The number of likely N-dealkylation sites (N-methyl/N-ethyl adjacent to an activating group) is 1. The molecule has 1 atom stereocenters. The van der Waals surface area contributed by atoms with Gasteiger partial charge in [0.15, 0.2) is 6.10 Å². The first-order valence-electron chi connectivity index (χ1n) is 10.3. The summed E-state index contributed by atoms with van der Waals surface area (Å²) in [7, 11) is 1.55. The Bertz CT molecular complexity index is 1300. The first-order chi connectivity index (χ1) is 15.6. The van der Waals surface area contributed by atoms with E-state index in [2.05, 4.69) is 15.6 Å². The van der Waals surface area contributed by atoms with Gasteiger partial charge in [-0.15, -0.1) is 5.10 Å². The summed E-state index contributed by atoms with van der Waals surface area (Å²) in [5.74, 6) is 0.0514. The molecule has 2 amide bonds. The molecular formula is C24H21N5O3. The smallest absolute Gasteiger partial charge is 0.262 e. The van der Waals surface area contributed by atoms with E-state index in [1.165, 1.54) is 0 Å². The van der Waals surface area contributed by atoms with Gasteiger partial charge in [0.25, 0.3) is 11.8 Å². The van der Waals surface area contributed by atoms with E-state index in [0.29, 0.717) is 23.5 Å². The molecule has 1 aliphatic rings. The van der Waals surface area contributed by atoms with Crippen molar-refractivity contribution in [3.05, 3.63) is 83.9 Å². The van der Waals surface area contributed by atoms with E-state index in [4.69, 9.17) is 4.74 Å². The summed E-state index contributed by atoms with van der Waals surface area (Å²) in [6.45, 7) is 0.691. The van der Waals surface area contributed by atoms with Crippen molar-refractivity contribution >= 4 is 28.5 Å². The zero-order valence-corrected chi connectivity index (χ0v) is 17.4. The van der Waals surface area contributed by atoms with Gasteiger partial charge in [-0.05, 0) is 42.0 Å². The predicted molar refractivity (Wildman–Crippen MR) is 120 cm³/mol. The summed E-state index contributed by atoms with van der Waals surface area (Å²) in [6, 6.07) is 22.4. The molecule has 0 saturated heterocycles. The van der Waals surface area contributed by atoms with Crippen molar-refractivity contribution in [2.45, 2.75) is 12.6 Å². The molecule has 1 aliphatic heterocycles. The molecule has 0 saturated carbocycles. The molecule has 1 N–H and O–H groups in total. The highest BCUT2D eigenvalue weighted by Gasteiger charge is 2.33. The second kappa shape index (κ2) is 8.14. The molecule has 0 spiro atoms. The monoisotopic (exact) mass is 427 g/mol. The van der Waals surface area contributed by atoms with Crippen LogP contribution in [0.5, 0.6) is 5.75 Å². The molecule has 0 radical (unpaired) electrons. The van der Waals surface area contributed by atoms with Crippen LogP contribution >= 0.6 is 0 Å². The second-order valence-electron chi connectivity index (χ2n) is 7.54. The van der Waals surface area contributed by atoms with Crippen LogP contribution in [0, 0.1) is 0 Å². The molecule has 4 aromatic rings. The maximum Gasteiger partial charge on any atom is 0.262 e. The van der Waals surface area contributed by atoms with Crippen LogP contribution in [0.3, 0.4) is 0 Å². The second-order valence-corrected chi connectivity index (χ2v) is 7.54. The highest BCUT2D eigenvalue weighted by atomic mass is 16.5. The average molecular weight is 427 g/mol. The van der Waals surface area contributed by atoms with E-state index < -0.39 is 6.10 Å². The van der Waals surface area contributed by atoms with Crippen molar-refractivity contribution in [3.63, 3.8) is 0 Å². The number of fused-ring (bicyclic) bond motifs is 2. The topological polar surface area (TPSA) is 89.4 Å². The number of aromatic nitrogens is 3. The zero-order chi connectivity index (χ0) is 22.1. The van der Waals surface area contributed by atoms with Crippen molar-refractivity contribution in [3.8, 4) is 5.75 Å². The predicted octanol–water partition coefficient (Wildman–Crippen LogP) is 2.63. The minimum atomic E-state index is -0.765. The van der Waals surface area contributed by atoms with Gasteiger partial charge in [-0.25, -0.2) is 4.68 Å². The number of nitrogens with one attached hydrogen (secondary N) is 1. The van der Waals surface area contributed by atoms with Gasteiger partial charge in [-0.3, -0.25) is 9.59 Å². The fourth-order valence-corrected chi connectivity index (χ4v) is 3.84. The molecule has 0 bridgehead atoms. The minimum absolute atomic E-state index is 0.141. The Kier molecular flexibility index (Phi) is 5.03. The number of para-hydroxylation sites is 3. The summed E-state index contributed by atoms with van der Waals surface area (Å²) < 4.78 is 7.62. The van der Waals surface area contributed by atoms with Crippen molar-refractivity contribution in [1.29, 1.82) is 0 Å². The molecule has 1 aromatic heterocycles. The standard InChI is InChI=1S/C24H21N5O3/c1-25-23(30)22-15-28(20-8-4-5-9-21(20)32-22)24(31)17-12-10-16(11-13-17)14-29-19-7-3-2-6-18(19)26-27-29/h2-13,22H,14-15H2,1H3,(H,25,30)/t22-/m1/s1. The molecule has 8 heteroatoms. The van der Waals surface area contributed by atoms with E-state index >= 15 is 0 Å². The van der Waals surface area contributed by atoms with Crippen LogP contribution in [0.15, 0.2) is 72.8 Å². The Balaban J connectivity index is 1.39. The van der Waals surface area contributed by atoms with E-state index in [-0.39, 0.29) is 18.4 Å². The van der Waals surface area contributed by atoms with Crippen molar-refractivity contribution in [2.24, 2.45) is 0 Å². The van der Waals surface area contributed by atoms with Gasteiger partial charge in [0.2, 0.25) is 0 Å². The first-order valence-corrected chi connectivity index (χ1v) is 10.3. The fourth-order valence-electron chi connectivity index (χ4n) is 3.84. The highest BCUT2D eigenvalue weighted by Crippen LogP contribution is 2.34. The number of amides is 2. The van der Waals surface area contributed by atoms with Crippen molar-refractivity contribution < 1.29 is 14.3 Å². The van der Waals surface area contributed by atoms with Crippen LogP contribution in [0.25, 0.3) is 11.0 Å². The molecule has 0 aliphatic carbocycles. The van der Waals surface area contributed by atoms with Crippen LogP contribution in [0.4, 0.5) is 5.69 Å². The third-order valence-electron chi connectivity index (χ3n) is 5.51. The first kappa shape index (κ1) is 19.7. The lowest BCUT2D eigenvalue weighted by atomic mass is 10.1. The Hall–Kier alpha value is -4.20. The molecule has 0 fully saturated rings. The normalized spacial score (nSPS) is 15.2. The maximum absolute atomic E-state index is 13.3. The van der Waals surface area contributed by atoms with Crippen LogP contribution < -0.4 is 15.0 Å². The van der Waals surface area contributed by atoms with Crippen LogP contribution in [0.1, 0.15) is 15.9 Å². The molecule has 32 heavy (non-hydrogen) atoms. The molecule has 3 aromatic carbocycles. The Labute approximate surface area is 184 Å². The van der Waals surface area contributed by atoms with Crippen molar-refractivity contribution in [1.82, 2.24) is 20.3 Å². The number of anilines is 1. The molecule has 5 rings (SSSR count). The number of hydrogen-bond acceptors (Lipinski definition) is 5. The largest absolute Gasteiger partial charge is 0.477 e. The number of nitrogens with zero attached hydrogens (tertiary/aromatic N) is 4. The van der Waals surface area contributed by atoms with Crippen LogP contribution in [-0.2, 0) is 11.3 Å². The van der Waals surface area contributed by atoms with Gasteiger partial charge < -0.3 is 15.0 Å². The average Bonchev–Trinajstić information content (AvgIpc) is 3.25. The van der Waals surface area contributed by atoms with E-state index in [1.807, 2.05) is 59.3 Å². The summed E-state index contributed by atoms with van der Waals surface area (Å²) >= 11 is 0. The number of carbonyl (C=O) groups excluding carboxylic acids is 2. The lowest BCUT2D eigenvalue weighted by molar-refractivity contribution is -0.127. The summed E-state index contributed by atoms with van der Waals surface area (Å²) in [5, 5.41) is 11.0. The van der Waals surface area contributed by atoms with Crippen LogP contribution in [-0.4, -0.2) is 46.5 Å². The molecule has 0 unspecified atom stereocenters.